The lowest BCUT2D eigenvalue weighted by atomic mass is 9.96. The average molecular weight is 474 g/mol. The molecule has 2 fully saturated rings. The number of amides is 2. The molecule has 0 saturated carbocycles. The van der Waals surface area contributed by atoms with Crippen LogP contribution in [0, 0.1) is 0 Å². The molecule has 3 aromatic carbocycles. The average Bonchev–Trinajstić information content (AvgIpc) is 3.16. The first kappa shape index (κ1) is 22.8. The van der Waals surface area contributed by atoms with E-state index in [-0.39, 0.29) is 30.3 Å². The largest absolute Gasteiger partial charge is 0.290 e. The summed E-state index contributed by atoms with van der Waals surface area (Å²) in [6.45, 7) is 3.49. The van der Waals surface area contributed by atoms with E-state index < -0.39 is 0 Å². The van der Waals surface area contributed by atoms with E-state index in [1.807, 2.05) is 24.3 Å². The zero-order valence-corrected chi connectivity index (χ0v) is 19.8. The summed E-state index contributed by atoms with van der Waals surface area (Å²) in [5.74, 6) is -0.185. The Labute approximate surface area is 205 Å². The molecule has 0 spiro atoms. The molecule has 0 radical (unpaired) electrons. The van der Waals surface area contributed by atoms with Gasteiger partial charge in [-0.3, -0.25) is 24.3 Å². The number of hydrogen-bond donors (Lipinski definition) is 0. The Morgan fingerprint density at radius 2 is 1.32 bits per heavy atom. The highest BCUT2D eigenvalue weighted by Crippen LogP contribution is 2.31. The number of hydrogen-bond acceptors (Lipinski definition) is 4. The SMILES string of the molecule is O=C1CC(N2CCN(C(c3ccccc3)c3ccccc3)CC2)C(=O)N1Cc1ccc(Cl)cc1. The van der Waals surface area contributed by atoms with Crippen LogP contribution in [0.5, 0.6) is 0 Å². The molecular formula is C28H28ClN3O2. The summed E-state index contributed by atoms with van der Waals surface area (Å²) in [6, 6.07) is 28.2. The van der Waals surface area contributed by atoms with Crippen LogP contribution in [0.25, 0.3) is 0 Å². The highest BCUT2D eigenvalue weighted by molar-refractivity contribution is 6.30. The number of carbonyl (C=O) groups excluding carboxylic acids is 2. The van der Waals surface area contributed by atoms with Crippen LogP contribution in [0.1, 0.15) is 29.2 Å². The monoisotopic (exact) mass is 473 g/mol. The lowest BCUT2D eigenvalue weighted by Crippen LogP contribution is -2.53. The van der Waals surface area contributed by atoms with Gasteiger partial charge in [0.25, 0.3) is 0 Å². The van der Waals surface area contributed by atoms with Gasteiger partial charge in [0.15, 0.2) is 0 Å². The summed E-state index contributed by atoms with van der Waals surface area (Å²) in [4.78, 5) is 31.9. The van der Waals surface area contributed by atoms with Crippen LogP contribution in [0.4, 0.5) is 0 Å². The van der Waals surface area contributed by atoms with E-state index in [2.05, 4.69) is 58.3 Å². The van der Waals surface area contributed by atoms with E-state index in [1.165, 1.54) is 16.0 Å². The molecule has 0 aliphatic carbocycles. The molecule has 174 valence electrons. The summed E-state index contributed by atoms with van der Waals surface area (Å²) in [5, 5.41) is 0.642. The van der Waals surface area contributed by atoms with Crippen LogP contribution < -0.4 is 0 Å². The molecule has 34 heavy (non-hydrogen) atoms. The Bertz CT molecular complexity index is 1090. The van der Waals surface area contributed by atoms with Gasteiger partial charge in [-0.05, 0) is 28.8 Å². The molecule has 0 aromatic heterocycles. The Balaban J connectivity index is 1.26. The number of benzene rings is 3. The van der Waals surface area contributed by atoms with Crippen molar-refractivity contribution in [3.8, 4) is 0 Å². The fourth-order valence-electron chi connectivity index (χ4n) is 5.08. The van der Waals surface area contributed by atoms with Crippen LogP contribution in [-0.4, -0.2) is 58.7 Å². The van der Waals surface area contributed by atoms with Crippen molar-refractivity contribution in [2.75, 3.05) is 26.2 Å². The normalized spacial score (nSPS) is 19.8. The van der Waals surface area contributed by atoms with E-state index in [0.29, 0.717) is 11.6 Å². The molecule has 6 heteroatoms. The number of nitrogens with zero attached hydrogens (tertiary/aromatic N) is 3. The molecule has 1 unspecified atom stereocenters. The Morgan fingerprint density at radius 1 is 0.765 bits per heavy atom. The van der Waals surface area contributed by atoms with E-state index in [9.17, 15) is 9.59 Å². The topological polar surface area (TPSA) is 43.9 Å². The van der Waals surface area contributed by atoms with Gasteiger partial charge in [0, 0.05) is 31.2 Å². The summed E-state index contributed by atoms with van der Waals surface area (Å²) in [5.41, 5.74) is 3.44. The van der Waals surface area contributed by atoms with E-state index in [0.717, 1.165) is 31.7 Å². The molecule has 0 N–H and O–H groups in total. The van der Waals surface area contributed by atoms with Gasteiger partial charge in [-0.1, -0.05) is 84.4 Å². The van der Waals surface area contributed by atoms with Crippen molar-refractivity contribution in [1.29, 1.82) is 0 Å². The van der Waals surface area contributed by atoms with Gasteiger partial charge in [-0.15, -0.1) is 0 Å². The predicted molar refractivity (Wildman–Crippen MR) is 133 cm³/mol. The fourth-order valence-corrected chi connectivity index (χ4v) is 5.21. The van der Waals surface area contributed by atoms with Crippen LogP contribution in [0.2, 0.25) is 5.02 Å². The van der Waals surface area contributed by atoms with Crippen LogP contribution in [0.15, 0.2) is 84.9 Å². The molecule has 3 aromatic rings. The number of halogens is 1. The summed E-state index contributed by atoms with van der Waals surface area (Å²) in [6.07, 6.45) is 0.257. The summed E-state index contributed by atoms with van der Waals surface area (Å²) in [7, 11) is 0. The summed E-state index contributed by atoms with van der Waals surface area (Å²) >= 11 is 5.96. The van der Waals surface area contributed by atoms with Gasteiger partial charge in [-0.25, -0.2) is 0 Å². The van der Waals surface area contributed by atoms with E-state index in [4.69, 9.17) is 11.6 Å². The molecule has 5 nitrogen and oxygen atoms in total. The quantitative estimate of drug-likeness (QED) is 0.498. The minimum absolute atomic E-state index is 0.0870. The first-order chi connectivity index (χ1) is 16.6. The predicted octanol–water partition coefficient (Wildman–Crippen LogP) is 4.37. The zero-order chi connectivity index (χ0) is 23.5. The number of carbonyl (C=O) groups is 2. The van der Waals surface area contributed by atoms with Crippen molar-refractivity contribution in [2.24, 2.45) is 0 Å². The van der Waals surface area contributed by atoms with Crippen LogP contribution in [0.3, 0.4) is 0 Å². The van der Waals surface area contributed by atoms with Crippen molar-refractivity contribution in [3.05, 3.63) is 107 Å². The third kappa shape index (κ3) is 4.78. The maximum atomic E-state index is 13.2. The molecule has 5 rings (SSSR count). The highest BCUT2D eigenvalue weighted by atomic mass is 35.5. The second-order valence-corrected chi connectivity index (χ2v) is 9.40. The van der Waals surface area contributed by atoms with E-state index >= 15 is 0 Å². The molecular weight excluding hydrogens is 446 g/mol. The highest BCUT2D eigenvalue weighted by Gasteiger charge is 2.43. The lowest BCUT2D eigenvalue weighted by molar-refractivity contribution is -0.140. The van der Waals surface area contributed by atoms with E-state index in [1.54, 1.807) is 12.1 Å². The van der Waals surface area contributed by atoms with Gasteiger partial charge in [0.05, 0.1) is 25.0 Å². The summed E-state index contributed by atoms with van der Waals surface area (Å²) < 4.78 is 0. The third-order valence-electron chi connectivity index (χ3n) is 6.86. The Morgan fingerprint density at radius 3 is 1.88 bits per heavy atom. The Kier molecular flexibility index (Phi) is 6.77. The van der Waals surface area contributed by atoms with Crippen molar-refractivity contribution >= 4 is 23.4 Å². The second kappa shape index (κ2) is 10.1. The van der Waals surface area contributed by atoms with Crippen molar-refractivity contribution in [3.63, 3.8) is 0 Å². The van der Waals surface area contributed by atoms with Crippen molar-refractivity contribution in [2.45, 2.75) is 25.0 Å². The molecule has 2 aliphatic heterocycles. The van der Waals surface area contributed by atoms with Gasteiger partial charge < -0.3 is 0 Å². The van der Waals surface area contributed by atoms with Crippen LogP contribution >= 0.6 is 11.6 Å². The molecule has 1 atom stereocenters. The third-order valence-corrected chi connectivity index (χ3v) is 7.11. The molecule has 2 heterocycles. The lowest BCUT2D eigenvalue weighted by Gasteiger charge is -2.41. The number of imide groups is 1. The molecule has 0 bridgehead atoms. The maximum absolute atomic E-state index is 13.2. The first-order valence-electron chi connectivity index (χ1n) is 11.8. The Hall–Kier alpha value is -2.99. The van der Waals surface area contributed by atoms with Gasteiger partial charge in [0.1, 0.15) is 0 Å². The standard InChI is InChI=1S/C28H28ClN3O2/c29-24-13-11-21(12-14-24)20-32-26(33)19-25(28(32)34)30-15-17-31(18-16-30)27(22-7-3-1-4-8-22)23-9-5-2-6-10-23/h1-14,25,27H,15-20H2. The van der Waals surface area contributed by atoms with Gasteiger partial charge in [-0.2, -0.15) is 0 Å². The number of piperazine rings is 1. The minimum atomic E-state index is -0.367. The minimum Gasteiger partial charge on any atom is -0.290 e. The zero-order valence-electron chi connectivity index (χ0n) is 19.0. The first-order valence-corrected chi connectivity index (χ1v) is 12.1. The second-order valence-electron chi connectivity index (χ2n) is 8.96. The fraction of sp³-hybridized carbons (Fsp3) is 0.286. The van der Waals surface area contributed by atoms with Crippen LogP contribution in [-0.2, 0) is 16.1 Å². The molecule has 2 aliphatic rings. The maximum Gasteiger partial charge on any atom is 0.247 e. The smallest absolute Gasteiger partial charge is 0.247 e. The van der Waals surface area contributed by atoms with Gasteiger partial charge >= 0.3 is 0 Å². The number of rotatable bonds is 6. The molecule has 2 amide bonds. The molecule has 2 saturated heterocycles. The van der Waals surface area contributed by atoms with Gasteiger partial charge in [0.2, 0.25) is 11.8 Å². The van der Waals surface area contributed by atoms with Crippen molar-refractivity contribution in [1.82, 2.24) is 14.7 Å². The van der Waals surface area contributed by atoms with Crippen molar-refractivity contribution < 1.29 is 9.59 Å². The number of likely N-dealkylation sites (tertiary alicyclic amines) is 1.